The van der Waals surface area contributed by atoms with Gasteiger partial charge in [0.2, 0.25) is 0 Å². The lowest BCUT2D eigenvalue weighted by molar-refractivity contribution is 0.146. The molecule has 0 radical (unpaired) electrons. The molecule has 1 saturated carbocycles. The zero-order valence-electron chi connectivity index (χ0n) is 10.5. The van der Waals surface area contributed by atoms with E-state index in [9.17, 15) is 0 Å². The summed E-state index contributed by atoms with van der Waals surface area (Å²) in [7, 11) is 1.66. The molecule has 1 aliphatic carbocycles. The molecular formula is C14H18BrClO2. The molecule has 0 aliphatic heterocycles. The minimum Gasteiger partial charge on any atom is -0.490 e. The maximum Gasteiger partial charge on any atom is 0.133 e. The molecule has 1 atom stereocenters. The third-order valence-corrected chi connectivity index (χ3v) is 4.15. The molecule has 0 spiro atoms. The van der Waals surface area contributed by atoms with Crippen LogP contribution in [0.4, 0.5) is 0 Å². The first-order valence-corrected chi connectivity index (χ1v) is 7.49. The predicted octanol–water partition coefficient (Wildman–Crippen LogP) is 4.55. The second kappa shape index (κ2) is 6.78. The Bertz CT molecular complexity index is 393. The Hall–Kier alpha value is -0.250. The van der Waals surface area contributed by atoms with Gasteiger partial charge in [-0.1, -0.05) is 18.9 Å². The van der Waals surface area contributed by atoms with Crippen molar-refractivity contribution in [3.05, 3.63) is 28.2 Å². The van der Waals surface area contributed by atoms with Crippen molar-refractivity contribution in [1.29, 1.82) is 0 Å². The molecule has 1 fully saturated rings. The molecule has 1 aromatic carbocycles. The molecule has 1 aliphatic rings. The van der Waals surface area contributed by atoms with E-state index in [1.807, 2.05) is 12.1 Å². The van der Waals surface area contributed by atoms with Crippen molar-refractivity contribution < 1.29 is 9.47 Å². The quantitative estimate of drug-likeness (QED) is 0.538. The molecule has 0 saturated heterocycles. The Morgan fingerprint density at radius 3 is 2.78 bits per heavy atom. The summed E-state index contributed by atoms with van der Waals surface area (Å²) in [4.78, 5) is 0. The van der Waals surface area contributed by atoms with Crippen molar-refractivity contribution in [3.8, 4) is 5.75 Å². The lowest BCUT2D eigenvalue weighted by Gasteiger charge is -2.12. The minimum atomic E-state index is 0.113. The van der Waals surface area contributed by atoms with E-state index in [0.29, 0.717) is 13.2 Å². The Morgan fingerprint density at radius 1 is 1.39 bits per heavy atom. The van der Waals surface area contributed by atoms with Crippen LogP contribution in [0.3, 0.4) is 0 Å². The number of hydrogen-bond acceptors (Lipinski definition) is 2. The molecule has 4 heteroatoms. The van der Waals surface area contributed by atoms with Gasteiger partial charge >= 0.3 is 0 Å². The maximum atomic E-state index is 6.41. The topological polar surface area (TPSA) is 18.5 Å². The Kier molecular flexibility index (Phi) is 5.34. The van der Waals surface area contributed by atoms with Crippen LogP contribution in [0.1, 0.15) is 30.2 Å². The summed E-state index contributed by atoms with van der Waals surface area (Å²) in [5.41, 5.74) is 1.16. The number of benzene rings is 1. The first-order chi connectivity index (χ1) is 8.70. The smallest absolute Gasteiger partial charge is 0.133 e. The van der Waals surface area contributed by atoms with Gasteiger partial charge in [0.1, 0.15) is 12.4 Å². The summed E-state index contributed by atoms with van der Waals surface area (Å²) in [6.45, 7) is 1.15. The van der Waals surface area contributed by atoms with Crippen LogP contribution in [0, 0.1) is 5.92 Å². The van der Waals surface area contributed by atoms with Crippen LogP contribution in [0.5, 0.6) is 5.75 Å². The van der Waals surface area contributed by atoms with Gasteiger partial charge in [0, 0.05) is 7.11 Å². The zero-order chi connectivity index (χ0) is 13.0. The van der Waals surface area contributed by atoms with Gasteiger partial charge in [-0.15, -0.1) is 11.6 Å². The summed E-state index contributed by atoms with van der Waals surface area (Å²) in [5, 5.41) is 0.113. The Balaban J connectivity index is 1.94. The molecule has 0 bridgehead atoms. The van der Waals surface area contributed by atoms with E-state index in [2.05, 4.69) is 22.0 Å². The number of methoxy groups -OCH3 is 1. The van der Waals surface area contributed by atoms with Gasteiger partial charge in [-0.3, -0.25) is 0 Å². The highest BCUT2D eigenvalue weighted by molar-refractivity contribution is 9.10. The first-order valence-electron chi connectivity index (χ1n) is 6.26. The minimum absolute atomic E-state index is 0.113. The van der Waals surface area contributed by atoms with Crippen molar-refractivity contribution in [3.63, 3.8) is 0 Å². The highest BCUT2D eigenvalue weighted by Gasteiger charge is 2.25. The highest BCUT2D eigenvalue weighted by Crippen LogP contribution is 2.41. The number of alkyl halides is 1. The molecule has 2 nitrogen and oxygen atoms in total. The monoisotopic (exact) mass is 332 g/mol. The molecule has 1 aromatic rings. The lowest BCUT2D eigenvalue weighted by Crippen LogP contribution is -2.04. The van der Waals surface area contributed by atoms with E-state index in [4.69, 9.17) is 21.1 Å². The number of rotatable bonds is 7. The largest absolute Gasteiger partial charge is 0.490 e. The molecule has 0 aromatic heterocycles. The van der Waals surface area contributed by atoms with Gasteiger partial charge in [0.05, 0.1) is 16.5 Å². The van der Waals surface area contributed by atoms with E-state index in [1.54, 1.807) is 7.11 Å². The fraction of sp³-hybridized carbons (Fsp3) is 0.571. The van der Waals surface area contributed by atoms with Crippen LogP contribution in [-0.2, 0) is 4.74 Å². The fourth-order valence-corrected chi connectivity index (χ4v) is 2.74. The fourth-order valence-electron chi connectivity index (χ4n) is 1.85. The summed E-state index contributed by atoms with van der Waals surface area (Å²) in [5.74, 6) is 1.68. The van der Waals surface area contributed by atoms with Gasteiger partial charge in [-0.05, 0) is 46.0 Å². The van der Waals surface area contributed by atoms with Crippen molar-refractivity contribution >= 4 is 27.5 Å². The lowest BCUT2D eigenvalue weighted by atomic mass is 10.1. The normalized spacial score (nSPS) is 16.6. The third kappa shape index (κ3) is 4.15. The van der Waals surface area contributed by atoms with Crippen LogP contribution < -0.4 is 4.74 Å². The van der Waals surface area contributed by atoms with Crippen LogP contribution in [0.25, 0.3) is 0 Å². The predicted molar refractivity (Wildman–Crippen MR) is 77.4 cm³/mol. The van der Waals surface area contributed by atoms with Gasteiger partial charge < -0.3 is 9.47 Å². The van der Waals surface area contributed by atoms with Crippen LogP contribution in [0.15, 0.2) is 22.7 Å². The van der Waals surface area contributed by atoms with Gasteiger partial charge in [-0.2, -0.15) is 0 Å². The Morgan fingerprint density at radius 2 is 2.17 bits per heavy atom. The number of hydrogen-bond donors (Lipinski definition) is 0. The second-order valence-corrected chi connectivity index (χ2v) is 6.06. The van der Waals surface area contributed by atoms with E-state index < -0.39 is 0 Å². The second-order valence-electron chi connectivity index (χ2n) is 4.68. The average Bonchev–Trinajstić information content (AvgIpc) is 3.15. The van der Waals surface area contributed by atoms with Gasteiger partial charge in [0.15, 0.2) is 0 Å². The molecule has 0 amide bonds. The van der Waals surface area contributed by atoms with Crippen LogP contribution >= 0.6 is 27.5 Å². The van der Waals surface area contributed by atoms with E-state index >= 15 is 0 Å². The van der Waals surface area contributed by atoms with Crippen molar-refractivity contribution in [2.75, 3.05) is 20.3 Å². The maximum absolute atomic E-state index is 6.41. The van der Waals surface area contributed by atoms with E-state index in [1.165, 1.54) is 12.8 Å². The van der Waals surface area contributed by atoms with Gasteiger partial charge in [-0.25, -0.2) is 0 Å². The van der Waals surface area contributed by atoms with Crippen molar-refractivity contribution in [1.82, 2.24) is 0 Å². The summed E-state index contributed by atoms with van der Waals surface area (Å²) >= 11 is 9.94. The molecule has 100 valence electrons. The third-order valence-electron chi connectivity index (χ3n) is 3.10. The Labute approximate surface area is 122 Å². The number of halogens is 2. The van der Waals surface area contributed by atoms with Gasteiger partial charge in [0.25, 0.3) is 0 Å². The van der Waals surface area contributed by atoms with Crippen LogP contribution in [-0.4, -0.2) is 20.3 Å². The first kappa shape index (κ1) is 14.2. The highest BCUT2D eigenvalue weighted by atomic mass is 79.9. The molecule has 2 rings (SSSR count). The number of ether oxygens (including phenoxy) is 2. The summed E-state index contributed by atoms with van der Waals surface area (Å²) in [6.07, 6.45) is 3.75. The van der Waals surface area contributed by atoms with E-state index in [-0.39, 0.29) is 5.38 Å². The molecule has 18 heavy (non-hydrogen) atoms. The molecule has 0 N–H and O–H groups in total. The standard InChI is InChI=1S/C14H18BrClO2/c1-17-6-7-18-14-5-4-11(9-12(14)15)13(16)8-10-2-3-10/h4-5,9-10,13H,2-3,6-8H2,1H3. The SMILES string of the molecule is COCCOc1ccc(C(Cl)CC2CC2)cc1Br. The van der Waals surface area contributed by atoms with Crippen molar-refractivity contribution in [2.24, 2.45) is 5.92 Å². The molecule has 0 heterocycles. The summed E-state index contributed by atoms with van der Waals surface area (Å²) in [6, 6.07) is 6.08. The zero-order valence-corrected chi connectivity index (χ0v) is 12.8. The van der Waals surface area contributed by atoms with E-state index in [0.717, 1.165) is 28.1 Å². The van der Waals surface area contributed by atoms with Crippen LogP contribution in [0.2, 0.25) is 0 Å². The van der Waals surface area contributed by atoms with Crippen molar-refractivity contribution in [2.45, 2.75) is 24.6 Å². The summed E-state index contributed by atoms with van der Waals surface area (Å²) < 4.78 is 11.5. The molecule has 1 unspecified atom stereocenters. The molecular weight excluding hydrogens is 316 g/mol. The average molecular weight is 334 g/mol.